The van der Waals surface area contributed by atoms with Crippen LogP contribution in [-0.4, -0.2) is 10.9 Å². The Hall–Kier alpha value is -1.46. The Labute approximate surface area is 122 Å². The standard InChI is InChI=1S/C13H9BrClFN2O/c1-7-4-9(6-17-12(7)15)18-13(19)10-3-2-8(14)5-11(10)16/h2-6H,1H3,(H,18,19). The highest BCUT2D eigenvalue weighted by Crippen LogP contribution is 2.19. The third-order valence-corrected chi connectivity index (χ3v) is 3.34. The van der Waals surface area contributed by atoms with Gasteiger partial charge in [-0.25, -0.2) is 9.37 Å². The predicted octanol–water partition coefficient (Wildman–Crippen LogP) is 4.20. The molecule has 0 unspecified atom stereocenters. The van der Waals surface area contributed by atoms with E-state index in [0.717, 1.165) is 5.56 Å². The molecule has 6 heteroatoms. The molecule has 0 spiro atoms. The molecule has 0 aliphatic carbocycles. The summed E-state index contributed by atoms with van der Waals surface area (Å²) in [6.45, 7) is 1.77. The van der Waals surface area contributed by atoms with E-state index in [2.05, 4.69) is 26.2 Å². The topological polar surface area (TPSA) is 42.0 Å². The van der Waals surface area contributed by atoms with Gasteiger partial charge in [0.05, 0.1) is 17.4 Å². The van der Waals surface area contributed by atoms with Crippen LogP contribution in [-0.2, 0) is 0 Å². The van der Waals surface area contributed by atoms with Gasteiger partial charge in [0.2, 0.25) is 0 Å². The number of nitrogens with zero attached hydrogens (tertiary/aromatic N) is 1. The van der Waals surface area contributed by atoms with Crippen molar-refractivity contribution in [1.82, 2.24) is 4.98 Å². The highest BCUT2D eigenvalue weighted by Gasteiger charge is 2.12. The Morgan fingerprint density at radius 3 is 2.79 bits per heavy atom. The second-order valence-corrected chi connectivity index (χ2v) is 5.18. The molecule has 1 N–H and O–H groups in total. The van der Waals surface area contributed by atoms with E-state index in [4.69, 9.17) is 11.6 Å². The molecule has 0 fully saturated rings. The van der Waals surface area contributed by atoms with Crippen molar-refractivity contribution in [3.8, 4) is 0 Å². The Morgan fingerprint density at radius 1 is 1.42 bits per heavy atom. The predicted molar refractivity (Wildman–Crippen MR) is 76.0 cm³/mol. The van der Waals surface area contributed by atoms with Crippen molar-refractivity contribution < 1.29 is 9.18 Å². The van der Waals surface area contributed by atoms with Gasteiger partial charge in [-0.2, -0.15) is 0 Å². The van der Waals surface area contributed by atoms with E-state index < -0.39 is 11.7 Å². The number of benzene rings is 1. The fraction of sp³-hybridized carbons (Fsp3) is 0.0769. The van der Waals surface area contributed by atoms with E-state index in [1.807, 2.05) is 0 Å². The smallest absolute Gasteiger partial charge is 0.258 e. The monoisotopic (exact) mass is 342 g/mol. The average molecular weight is 344 g/mol. The number of halogens is 3. The number of aromatic nitrogens is 1. The first kappa shape index (κ1) is 14.0. The van der Waals surface area contributed by atoms with Gasteiger partial charge in [-0.15, -0.1) is 0 Å². The summed E-state index contributed by atoms with van der Waals surface area (Å²) in [4.78, 5) is 15.8. The second kappa shape index (κ2) is 5.67. The maximum Gasteiger partial charge on any atom is 0.258 e. The van der Waals surface area contributed by atoms with Crippen LogP contribution in [0.25, 0.3) is 0 Å². The normalized spacial score (nSPS) is 10.3. The summed E-state index contributed by atoms with van der Waals surface area (Å²) >= 11 is 8.92. The largest absolute Gasteiger partial charge is 0.320 e. The van der Waals surface area contributed by atoms with Crippen molar-refractivity contribution >= 4 is 39.1 Å². The molecule has 98 valence electrons. The molecule has 2 aromatic rings. The van der Waals surface area contributed by atoms with Crippen LogP contribution < -0.4 is 5.32 Å². The molecule has 2 rings (SSSR count). The van der Waals surface area contributed by atoms with Crippen LogP contribution in [0.4, 0.5) is 10.1 Å². The number of rotatable bonds is 2. The zero-order valence-corrected chi connectivity index (χ0v) is 12.2. The quantitative estimate of drug-likeness (QED) is 0.831. The molecule has 0 aliphatic heterocycles. The summed E-state index contributed by atoms with van der Waals surface area (Å²) in [6.07, 6.45) is 1.42. The first-order chi connectivity index (χ1) is 8.97. The Morgan fingerprint density at radius 2 is 2.16 bits per heavy atom. The number of aryl methyl sites for hydroxylation is 1. The van der Waals surface area contributed by atoms with Crippen LogP contribution in [0.1, 0.15) is 15.9 Å². The number of amides is 1. The molecular formula is C13H9BrClFN2O. The van der Waals surface area contributed by atoms with Crippen molar-refractivity contribution in [3.63, 3.8) is 0 Å². The lowest BCUT2D eigenvalue weighted by Gasteiger charge is -2.07. The van der Waals surface area contributed by atoms with Gasteiger partial charge >= 0.3 is 0 Å². The highest BCUT2D eigenvalue weighted by atomic mass is 79.9. The maximum absolute atomic E-state index is 13.6. The molecule has 0 saturated carbocycles. The van der Waals surface area contributed by atoms with Crippen molar-refractivity contribution in [1.29, 1.82) is 0 Å². The van der Waals surface area contributed by atoms with Crippen LogP contribution >= 0.6 is 27.5 Å². The first-order valence-electron chi connectivity index (χ1n) is 5.36. The van der Waals surface area contributed by atoms with Crippen molar-refractivity contribution in [3.05, 3.63) is 57.0 Å². The van der Waals surface area contributed by atoms with Gasteiger partial charge < -0.3 is 5.32 Å². The number of hydrogen-bond acceptors (Lipinski definition) is 2. The van der Waals surface area contributed by atoms with Crippen LogP contribution in [0.5, 0.6) is 0 Å². The average Bonchev–Trinajstić information content (AvgIpc) is 2.33. The maximum atomic E-state index is 13.6. The van der Waals surface area contributed by atoms with E-state index in [0.29, 0.717) is 15.3 Å². The zero-order valence-electron chi connectivity index (χ0n) is 9.88. The summed E-state index contributed by atoms with van der Waals surface area (Å²) < 4.78 is 14.2. The van der Waals surface area contributed by atoms with Gasteiger partial charge in [-0.3, -0.25) is 4.79 Å². The Bertz CT molecular complexity index is 649. The van der Waals surface area contributed by atoms with Crippen LogP contribution in [0.2, 0.25) is 5.15 Å². The minimum atomic E-state index is -0.592. The molecule has 0 radical (unpaired) electrons. The Kier molecular flexibility index (Phi) is 4.17. The number of anilines is 1. The number of hydrogen-bond donors (Lipinski definition) is 1. The van der Waals surface area contributed by atoms with Gasteiger partial charge in [0.15, 0.2) is 0 Å². The molecule has 1 aromatic heterocycles. The minimum absolute atomic E-state index is 0.0317. The third kappa shape index (κ3) is 3.30. The van der Waals surface area contributed by atoms with Crippen LogP contribution in [0.15, 0.2) is 34.9 Å². The van der Waals surface area contributed by atoms with Gasteiger partial charge in [-0.1, -0.05) is 27.5 Å². The second-order valence-electron chi connectivity index (χ2n) is 3.91. The number of carbonyl (C=O) groups is 1. The number of carbonyl (C=O) groups excluding carboxylic acids is 1. The molecule has 1 aromatic carbocycles. The molecule has 0 aliphatic rings. The Balaban J connectivity index is 2.23. The van der Waals surface area contributed by atoms with E-state index in [9.17, 15) is 9.18 Å². The fourth-order valence-corrected chi connectivity index (χ4v) is 1.94. The molecule has 0 saturated heterocycles. The lowest BCUT2D eigenvalue weighted by Crippen LogP contribution is -2.14. The number of pyridine rings is 1. The van der Waals surface area contributed by atoms with Crippen LogP contribution in [0, 0.1) is 12.7 Å². The molecule has 19 heavy (non-hydrogen) atoms. The number of nitrogens with one attached hydrogen (secondary N) is 1. The summed E-state index contributed by atoms with van der Waals surface area (Å²) in [7, 11) is 0. The van der Waals surface area contributed by atoms with Gasteiger partial charge in [0.1, 0.15) is 11.0 Å². The lowest BCUT2D eigenvalue weighted by molar-refractivity contribution is 0.102. The van der Waals surface area contributed by atoms with Crippen LogP contribution in [0.3, 0.4) is 0 Å². The van der Waals surface area contributed by atoms with Gasteiger partial charge in [0, 0.05) is 4.47 Å². The summed E-state index contributed by atoms with van der Waals surface area (Å²) in [6, 6.07) is 5.92. The fourth-order valence-electron chi connectivity index (χ4n) is 1.50. The summed E-state index contributed by atoms with van der Waals surface area (Å²) in [5.41, 5.74) is 1.17. The lowest BCUT2D eigenvalue weighted by atomic mass is 10.2. The van der Waals surface area contributed by atoms with E-state index >= 15 is 0 Å². The molecular weight excluding hydrogens is 335 g/mol. The van der Waals surface area contributed by atoms with Gasteiger partial charge in [-0.05, 0) is 36.8 Å². The van der Waals surface area contributed by atoms with Gasteiger partial charge in [0.25, 0.3) is 5.91 Å². The highest BCUT2D eigenvalue weighted by molar-refractivity contribution is 9.10. The zero-order chi connectivity index (χ0) is 14.0. The SMILES string of the molecule is Cc1cc(NC(=O)c2ccc(Br)cc2F)cnc1Cl. The molecule has 1 heterocycles. The molecule has 0 atom stereocenters. The molecule has 3 nitrogen and oxygen atoms in total. The molecule has 1 amide bonds. The van der Waals surface area contributed by atoms with Crippen molar-refractivity contribution in [2.45, 2.75) is 6.92 Å². The minimum Gasteiger partial charge on any atom is -0.320 e. The third-order valence-electron chi connectivity index (χ3n) is 2.45. The van der Waals surface area contributed by atoms with Crippen molar-refractivity contribution in [2.75, 3.05) is 5.32 Å². The van der Waals surface area contributed by atoms with E-state index in [-0.39, 0.29) is 5.56 Å². The summed E-state index contributed by atoms with van der Waals surface area (Å²) in [5, 5.41) is 2.94. The first-order valence-corrected chi connectivity index (χ1v) is 6.53. The molecule has 0 bridgehead atoms. The van der Waals surface area contributed by atoms with E-state index in [1.165, 1.54) is 18.3 Å². The summed E-state index contributed by atoms with van der Waals surface area (Å²) in [5.74, 6) is -1.13. The van der Waals surface area contributed by atoms with Crippen molar-refractivity contribution in [2.24, 2.45) is 0 Å². The van der Waals surface area contributed by atoms with E-state index in [1.54, 1.807) is 19.1 Å².